The molecule has 1 saturated carbocycles. The van der Waals surface area contributed by atoms with Crippen LogP contribution >= 0.6 is 0 Å². The Kier molecular flexibility index (Phi) is 3.83. The van der Waals surface area contributed by atoms with Crippen LogP contribution in [0.3, 0.4) is 0 Å². The van der Waals surface area contributed by atoms with Crippen LogP contribution in [0.1, 0.15) is 34.6 Å². The van der Waals surface area contributed by atoms with E-state index in [0.29, 0.717) is 18.4 Å². The standard InChI is InChI=1S/C18H20N2O4/c1-11-10-15(16(21)19-18(8-9-18)17(22)23)12(2)20(11)13-4-6-14(24-3)7-5-13/h4-7,10H,8-9H2,1-3H3,(H,19,21)(H,22,23). The van der Waals surface area contributed by atoms with Crippen LogP contribution in [0.15, 0.2) is 30.3 Å². The molecule has 0 unspecified atom stereocenters. The predicted molar refractivity (Wildman–Crippen MR) is 88.9 cm³/mol. The van der Waals surface area contributed by atoms with Crippen LogP contribution in [0, 0.1) is 13.8 Å². The smallest absolute Gasteiger partial charge is 0.329 e. The first-order valence-corrected chi connectivity index (χ1v) is 7.77. The molecule has 126 valence electrons. The first-order valence-electron chi connectivity index (χ1n) is 7.77. The van der Waals surface area contributed by atoms with E-state index in [9.17, 15) is 14.7 Å². The molecule has 6 heteroatoms. The Morgan fingerprint density at radius 3 is 2.33 bits per heavy atom. The second-order valence-electron chi connectivity index (χ2n) is 6.16. The van der Waals surface area contributed by atoms with Gasteiger partial charge in [0.05, 0.1) is 12.7 Å². The van der Waals surface area contributed by atoms with E-state index in [0.717, 1.165) is 22.8 Å². The van der Waals surface area contributed by atoms with Gasteiger partial charge in [-0.25, -0.2) is 4.79 Å². The van der Waals surface area contributed by atoms with Crippen LogP contribution in [-0.2, 0) is 4.79 Å². The number of amides is 1. The fourth-order valence-electron chi connectivity index (χ4n) is 2.92. The number of rotatable bonds is 5. The summed E-state index contributed by atoms with van der Waals surface area (Å²) in [5.41, 5.74) is 2.01. The monoisotopic (exact) mass is 328 g/mol. The topological polar surface area (TPSA) is 80.6 Å². The number of nitrogens with zero attached hydrogens (tertiary/aromatic N) is 1. The Morgan fingerprint density at radius 2 is 1.83 bits per heavy atom. The minimum Gasteiger partial charge on any atom is -0.497 e. The van der Waals surface area contributed by atoms with Gasteiger partial charge in [0, 0.05) is 17.1 Å². The number of carbonyl (C=O) groups is 2. The number of hydrogen-bond donors (Lipinski definition) is 2. The van der Waals surface area contributed by atoms with Crippen molar-refractivity contribution >= 4 is 11.9 Å². The summed E-state index contributed by atoms with van der Waals surface area (Å²) in [6.07, 6.45) is 0.955. The first kappa shape index (κ1) is 16.1. The Balaban J connectivity index is 1.91. The van der Waals surface area contributed by atoms with Crippen molar-refractivity contribution in [3.63, 3.8) is 0 Å². The maximum atomic E-state index is 12.5. The highest BCUT2D eigenvalue weighted by Gasteiger charge is 2.51. The normalized spacial score (nSPS) is 15.0. The van der Waals surface area contributed by atoms with Crippen molar-refractivity contribution in [1.29, 1.82) is 0 Å². The maximum absolute atomic E-state index is 12.5. The number of carboxylic acids is 1. The molecule has 1 aliphatic carbocycles. The summed E-state index contributed by atoms with van der Waals surface area (Å²) in [6, 6.07) is 9.34. The summed E-state index contributed by atoms with van der Waals surface area (Å²) in [6.45, 7) is 3.77. The molecule has 2 N–H and O–H groups in total. The average Bonchev–Trinajstić information content (AvgIpc) is 3.27. The van der Waals surface area contributed by atoms with Crippen LogP contribution in [0.25, 0.3) is 5.69 Å². The summed E-state index contributed by atoms with van der Waals surface area (Å²) in [4.78, 5) is 23.8. The fraction of sp³-hybridized carbons (Fsp3) is 0.333. The zero-order valence-corrected chi connectivity index (χ0v) is 13.9. The van der Waals surface area contributed by atoms with Gasteiger partial charge >= 0.3 is 5.97 Å². The number of carboxylic acid groups (broad SMARTS) is 1. The van der Waals surface area contributed by atoms with E-state index in [1.165, 1.54) is 0 Å². The number of aliphatic carboxylic acids is 1. The number of nitrogens with one attached hydrogen (secondary N) is 1. The quantitative estimate of drug-likeness (QED) is 0.883. The fourth-order valence-corrected chi connectivity index (χ4v) is 2.92. The number of benzene rings is 1. The average molecular weight is 328 g/mol. The van der Waals surface area contributed by atoms with Gasteiger partial charge in [-0.1, -0.05) is 0 Å². The van der Waals surface area contributed by atoms with Crippen LogP contribution in [0.2, 0.25) is 0 Å². The SMILES string of the molecule is COc1ccc(-n2c(C)cc(C(=O)NC3(C(=O)O)CC3)c2C)cc1. The van der Waals surface area contributed by atoms with Gasteiger partial charge < -0.3 is 19.7 Å². The van der Waals surface area contributed by atoms with Crippen LogP contribution in [0.5, 0.6) is 5.75 Å². The molecular formula is C18H20N2O4. The molecule has 1 aromatic carbocycles. The molecule has 24 heavy (non-hydrogen) atoms. The lowest BCUT2D eigenvalue weighted by Crippen LogP contribution is -2.43. The van der Waals surface area contributed by atoms with Gasteiger partial charge in [-0.15, -0.1) is 0 Å². The Morgan fingerprint density at radius 1 is 1.21 bits per heavy atom. The van der Waals surface area contributed by atoms with Crippen molar-refractivity contribution in [2.45, 2.75) is 32.2 Å². The van der Waals surface area contributed by atoms with Crippen molar-refractivity contribution in [2.75, 3.05) is 7.11 Å². The third-order valence-electron chi connectivity index (χ3n) is 4.52. The first-order chi connectivity index (χ1) is 11.4. The molecule has 0 atom stereocenters. The molecule has 3 rings (SSSR count). The van der Waals surface area contributed by atoms with Gasteiger partial charge in [0.2, 0.25) is 0 Å². The summed E-state index contributed by atoms with van der Waals surface area (Å²) in [7, 11) is 1.61. The van der Waals surface area contributed by atoms with Crippen molar-refractivity contribution in [3.8, 4) is 11.4 Å². The molecule has 2 aromatic rings. The number of aryl methyl sites for hydroxylation is 1. The van der Waals surface area contributed by atoms with E-state index in [1.807, 2.05) is 42.7 Å². The summed E-state index contributed by atoms with van der Waals surface area (Å²) >= 11 is 0. The van der Waals surface area contributed by atoms with Gasteiger partial charge in [-0.05, 0) is 57.0 Å². The van der Waals surface area contributed by atoms with E-state index in [4.69, 9.17) is 4.74 Å². The Hall–Kier alpha value is -2.76. The van der Waals surface area contributed by atoms with E-state index < -0.39 is 11.5 Å². The third kappa shape index (κ3) is 2.64. The molecule has 1 heterocycles. The lowest BCUT2D eigenvalue weighted by molar-refractivity contribution is -0.140. The van der Waals surface area contributed by atoms with E-state index in [-0.39, 0.29) is 5.91 Å². The molecule has 0 spiro atoms. The Labute approximate surface area is 140 Å². The van der Waals surface area contributed by atoms with Crippen molar-refractivity contribution < 1.29 is 19.4 Å². The molecule has 0 aliphatic heterocycles. The summed E-state index contributed by atoms with van der Waals surface area (Å²) in [5, 5.41) is 11.9. The van der Waals surface area contributed by atoms with Crippen molar-refractivity contribution in [1.82, 2.24) is 9.88 Å². The second kappa shape index (κ2) is 5.70. The number of ether oxygens (including phenoxy) is 1. The number of carbonyl (C=O) groups excluding carboxylic acids is 1. The summed E-state index contributed by atoms with van der Waals surface area (Å²) in [5.74, 6) is -0.557. The zero-order valence-electron chi connectivity index (χ0n) is 13.9. The molecular weight excluding hydrogens is 308 g/mol. The van der Waals surface area contributed by atoms with Crippen LogP contribution in [-0.4, -0.2) is 34.2 Å². The van der Waals surface area contributed by atoms with E-state index in [1.54, 1.807) is 13.2 Å². The minimum absolute atomic E-state index is 0.345. The number of aromatic nitrogens is 1. The molecule has 1 amide bonds. The highest BCUT2D eigenvalue weighted by atomic mass is 16.5. The molecule has 6 nitrogen and oxygen atoms in total. The highest BCUT2D eigenvalue weighted by Crippen LogP contribution is 2.36. The molecule has 0 saturated heterocycles. The molecule has 1 fully saturated rings. The molecule has 0 radical (unpaired) electrons. The molecule has 0 bridgehead atoms. The van der Waals surface area contributed by atoms with Gasteiger partial charge in [0.25, 0.3) is 5.91 Å². The predicted octanol–water partition coefficient (Wildman–Crippen LogP) is 2.45. The van der Waals surface area contributed by atoms with Crippen LogP contribution in [0.4, 0.5) is 0 Å². The van der Waals surface area contributed by atoms with E-state index >= 15 is 0 Å². The van der Waals surface area contributed by atoms with Gasteiger partial charge in [0.1, 0.15) is 11.3 Å². The lowest BCUT2D eigenvalue weighted by atomic mass is 10.2. The van der Waals surface area contributed by atoms with Gasteiger partial charge in [-0.2, -0.15) is 0 Å². The van der Waals surface area contributed by atoms with Crippen LogP contribution < -0.4 is 10.1 Å². The highest BCUT2D eigenvalue weighted by molar-refractivity contribution is 6.00. The maximum Gasteiger partial charge on any atom is 0.329 e. The largest absolute Gasteiger partial charge is 0.497 e. The molecule has 1 aromatic heterocycles. The van der Waals surface area contributed by atoms with Crippen molar-refractivity contribution in [3.05, 3.63) is 47.3 Å². The Bertz CT molecular complexity index is 801. The van der Waals surface area contributed by atoms with Gasteiger partial charge in [-0.3, -0.25) is 4.79 Å². The minimum atomic E-state index is -1.08. The third-order valence-corrected chi connectivity index (χ3v) is 4.52. The summed E-state index contributed by atoms with van der Waals surface area (Å²) < 4.78 is 7.13. The molecule has 1 aliphatic rings. The van der Waals surface area contributed by atoms with Crippen molar-refractivity contribution in [2.24, 2.45) is 0 Å². The lowest BCUT2D eigenvalue weighted by Gasteiger charge is -2.13. The second-order valence-corrected chi connectivity index (χ2v) is 6.16. The zero-order chi connectivity index (χ0) is 17.5. The number of hydrogen-bond acceptors (Lipinski definition) is 3. The van der Waals surface area contributed by atoms with E-state index in [2.05, 4.69) is 5.32 Å². The van der Waals surface area contributed by atoms with Gasteiger partial charge in [0.15, 0.2) is 0 Å². The number of methoxy groups -OCH3 is 1.